The molecule has 7 atom stereocenters. The highest BCUT2D eigenvalue weighted by Gasteiger charge is 2.38. The first kappa shape index (κ1) is 45.3. The molecular formula is C35H64N5O9PS. The third-order valence-corrected chi connectivity index (χ3v) is 12.3. The van der Waals surface area contributed by atoms with Gasteiger partial charge in [-0.15, -0.1) is 0 Å². The second-order valence-electron chi connectivity index (χ2n) is 13.7. The Kier molecular flexibility index (Phi) is 23.1. The SMILES string of the molecule is CCCCCCCCCCCCS(=O)C(CCCCCCC)C(C)OCCCOP(=O)(O)OC[C@H]1O[C@@H](n2cc(C)c(=O)[nH]c2=O)C[C@@H]1N=[N+]=[N-]. The summed E-state index contributed by atoms with van der Waals surface area (Å²) in [6.45, 7) is 7.66. The molecule has 1 aromatic rings. The van der Waals surface area contributed by atoms with Crippen LogP contribution in [0.4, 0.5) is 0 Å². The van der Waals surface area contributed by atoms with Crippen LogP contribution in [0.2, 0.25) is 0 Å². The van der Waals surface area contributed by atoms with E-state index in [1.165, 1.54) is 88.3 Å². The van der Waals surface area contributed by atoms with Crippen molar-refractivity contribution in [2.45, 2.75) is 173 Å². The molecule has 1 aliphatic rings. The number of aryl methyl sites for hydroxylation is 1. The maximum absolute atomic E-state index is 13.4. The third-order valence-electron chi connectivity index (χ3n) is 9.34. The summed E-state index contributed by atoms with van der Waals surface area (Å²) in [5, 5.41) is 3.63. The molecule has 0 bridgehead atoms. The predicted octanol–water partition coefficient (Wildman–Crippen LogP) is 8.14. The summed E-state index contributed by atoms with van der Waals surface area (Å²) in [4.78, 5) is 39.3. The summed E-state index contributed by atoms with van der Waals surface area (Å²) in [5.74, 6) is 0.686. The summed E-state index contributed by atoms with van der Waals surface area (Å²) in [6.07, 6.45) is 18.7. The van der Waals surface area contributed by atoms with Gasteiger partial charge in [0.15, 0.2) is 0 Å². The van der Waals surface area contributed by atoms with Crippen LogP contribution in [0, 0.1) is 6.92 Å². The Balaban J connectivity index is 1.77. The molecule has 1 aromatic heterocycles. The van der Waals surface area contributed by atoms with Crippen molar-refractivity contribution < 1.29 is 32.2 Å². The van der Waals surface area contributed by atoms with Crippen LogP contribution in [0.25, 0.3) is 10.4 Å². The zero-order chi connectivity index (χ0) is 37.5. The molecule has 2 heterocycles. The first-order valence-electron chi connectivity index (χ1n) is 19.1. The molecule has 51 heavy (non-hydrogen) atoms. The molecule has 0 saturated carbocycles. The first-order valence-corrected chi connectivity index (χ1v) is 22.0. The number of nitrogens with zero attached hydrogens (tertiary/aromatic N) is 4. The second-order valence-corrected chi connectivity index (χ2v) is 16.9. The quantitative estimate of drug-likeness (QED) is 0.0256. The zero-order valence-corrected chi connectivity index (χ0v) is 33.1. The molecule has 16 heteroatoms. The van der Waals surface area contributed by atoms with Crippen molar-refractivity contribution in [1.29, 1.82) is 0 Å². The van der Waals surface area contributed by atoms with Gasteiger partial charge < -0.3 is 14.4 Å². The van der Waals surface area contributed by atoms with Gasteiger partial charge >= 0.3 is 13.5 Å². The number of phosphoric ester groups is 1. The summed E-state index contributed by atoms with van der Waals surface area (Å²) < 4.78 is 49.4. The van der Waals surface area contributed by atoms with Gasteiger partial charge in [-0.1, -0.05) is 109 Å². The molecule has 2 N–H and O–H groups in total. The number of phosphoric acid groups is 1. The number of azide groups is 1. The van der Waals surface area contributed by atoms with Crippen molar-refractivity contribution in [2.24, 2.45) is 5.11 Å². The highest BCUT2D eigenvalue weighted by atomic mass is 32.2. The van der Waals surface area contributed by atoms with Crippen molar-refractivity contribution >= 4 is 18.6 Å². The van der Waals surface area contributed by atoms with Crippen molar-refractivity contribution in [3.8, 4) is 0 Å². The smallest absolute Gasteiger partial charge is 0.377 e. The lowest BCUT2D eigenvalue weighted by molar-refractivity contribution is -0.0288. The number of hydrogen-bond donors (Lipinski definition) is 2. The molecule has 0 radical (unpaired) electrons. The number of unbranched alkanes of at least 4 members (excludes halogenated alkanes) is 13. The molecule has 0 spiro atoms. The van der Waals surface area contributed by atoms with Crippen molar-refractivity contribution in [2.75, 3.05) is 25.6 Å². The molecule has 2 rings (SSSR count). The van der Waals surface area contributed by atoms with Gasteiger partial charge in [-0.2, -0.15) is 0 Å². The molecule has 1 fully saturated rings. The largest absolute Gasteiger partial charge is 0.472 e. The van der Waals surface area contributed by atoms with E-state index >= 15 is 0 Å². The van der Waals surface area contributed by atoms with Gasteiger partial charge in [0.25, 0.3) is 5.56 Å². The van der Waals surface area contributed by atoms with Gasteiger partial charge in [0.2, 0.25) is 0 Å². The van der Waals surface area contributed by atoms with Gasteiger partial charge in [-0.25, -0.2) is 9.36 Å². The standard InChI is InChI=1S/C35H64N5O9PS/c1-5-7-9-11-12-13-14-15-17-19-24-51(45)32(21-18-16-10-8-6-2)29(4)46-22-20-23-47-50(43,44)48-27-31-30(38-39-36)25-33(49-31)40-26-28(3)34(41)37-35(40)42/h26,29-33H,5-25,27H2,1-4H3,(H,43,44)(H,37,41,42)/t29?,30-,31+,32?,33+,51?/m0/s1. The van der Waals surface area contributed by atoms with E-state index in [2.05, 4.69) is 28.9 Å². The molecule has 0 aromatic carbocycles. The van der Waals surface area contributed by atoms with Crippen LogP contribution >= 0.6 is 7.82 Å². The molecule has 294 valence electrons. The Morgan fingerprint density at radius 2 is 1.61 bits per heavy atom. The number of H-pyrrole nitrogens is 1. The summed E-state index contributed by atoms with van der Waals surface area (Å²) in [7, 11) is -5.49. The summed E-state index contributed by atoms with van der Waals surface area (Å²) in [5.41, 5.74) is 8.08. The van der Waals surface area contributed by atoms with E-state index in [1.807, 2.05) is 6.92 Å². The van der Waals surface area contributed by atoms with E-state index in [1.54, 1.807) is 0 Å². The number of ether oxygens (including phenoxy) is 2. The minimum absolute atomic E-state index is 0.0615. The maximum Gasteiger partial charge on any atom is 0.472 e. The number of hydrogen-bond acceptors (Lipinski definition) is 9. The van der Waals surface area contributed by atoms with Gasteiger partial charge in [0.1, 0.15) is 6.23 Å². The Labute approximate surface area is 306 Å². The van der Waals surface area contributed by atoms with Crippen LogP contribution in [0.15, 0.2) is 20.9 Å². The van der Waals surface area contributed by atoms with Gasteiger partial charge in [-0.3, -0.25) is 27.6 Å². The van der Waals surface area contributed by atoms with Gasteiger partial charge in [0, 0.05) is 46.3 Å². The second kappa shape index (κ2) is 26.0. The lowest BCUT2D eigenvalue weighted by Gasteiger charge is -2.24. The number of nitrogens with one attached hydrogen (secondary N) is 1. The zero-order valence-electron chi connectivity index (χ0n) is 31.4. The van der Waals surface area contributed by atoms with E-state index in [9.17, 15) is 23.3 Å². The molecule has 14 nitrogen and oxygen atoms in total. The van der Waals surface area contributed by atoms with Crippen LogP contribution in [0.3, 0.4) is 0 Å². The summed E-state index contributed by atoms with van der Waals surface area (Å²) in [6, 6.07) is -0.788. The van der Waals surface area contributed by atoms with E-state index < -0.39 is 54.9 Å². The van der Waals surface area contributed by atoms with E-state index in [0.717, 1.165) is 32.1 Å². The van der Waals surface area contributed by atoms with Crippen LogP contribution in [-0.4, -0.2) is 67.7 Å². The Bertz CT molecular complexity index is 1360. The highest BCUT2D eigenvalue weighted by Crippen LogP contribution is 2.44. The minimum Gasteiger partial charge on any atom is -0.377 e. The molecule has 0 aliphatic carbocycles. The highest BCUT2D eigenvalue weighted by molar-refractivity contribution is 7.85. The van der Waals surface area contributed by atoms with E-state index in [4.69, 9.17) is 24.1 Å². The maximum atomic E-state index is 13.4. The number of aromatic amines is 1. The predicted molar refractivity (Wildman–Crippen MR) is 201 cm³/mol. The van der Waals surface area contributed by atoms with Crippen LogP contribution in [0.1, 0.15) is 148 Å². The fourth-order valence-electron chi connectivity index (χ4n) is 6.26. The van der Waals surface area contributed by atoms with E-state index in [-0.39, 0.29) is 31.0 Å². The first-order chi connectivity index (χ1) is 24.5. The Morgan fingerprint density at radius 3 is 2.24 bits per heavy atom. The lowest BCUT2D eigenvalue weighted by atomic mass is 10.1. The van der Waals surface area contributed by atoms with Crippen LogP contribution in [0.5, 0.6) is 0 Å². The van der Waals surface area contributed by atoms with Crippen molar-refractivity contribution in [3.05, 3.63) is 43.0 Å². The van der Waals surface area contributed by atoms with Gasteiger partial charge in [0.05, 0.1) is 36.7 Å². The van der Waals surface area contributed by atoms with Crippen molar-refractivity contribution in [3.63, 3.8) is 0 Å². The summed E-state index contributed by atoms with van der Waals surface area (Å²) >= 11 is 0. The topological polar surface area (TPSA) is 195 Å². The molecule has 0 amide bonds. The monoisotopic (exact) mass is 761 g/mol. The average Bonchev–Trinajstić information content (AvgIpc) is 3.50. The molecule has 4 unspecified atom stereocenters. The fraction of sp³-hybridized carbons (Fsp3) is 0.886. The normalized spacial score (nSPS) is 20.5. The Morgan fingerprint density at radius 1 is 1.00 bits per heavy atom. The average molecular weight is 762 g/mol. The lowest BCUT2D eigenvalue weighted by Crippen LogP contribution is -2.33. The number of aromatic nitrogens is 2. The minimum atomic E-state index is -4.49. The fourth-order valence-corrected chi connectivity index (χ4v) is 8.75. The van der Waals surface area contributed by atoms with Gasteiger partial charge in [-0.05, 0) is 38.6 Å². The third kappa shape index (κ3) is 18.2. The molecule has 1 saturated heterocycles. The van der Waals surface area contributed by atoms with Crippen molar-refractivity contribution in [1.82, 2.24) is 9.55 Å². The Hall–Kier alpha value is -1.83. The molecule has 1 aliphatic heterocycles. The van der Waals surface area contributed by atoms with Crippen LogP contribution in [-0.2, 0) is 33.9 Å². The van der Waals surface area contributed by atoms with E-state index in [0.29, 0.717) is 17.7 Å². The molecular weight excluding hydrogens is 697 g/mol. The number of rotatable bonds is 30. The van der Waals surface area contributed by atoms with Crippen LogP contribution < -0.4 is 11.2 Å².